The number of anilines is 2. The van der Waals surface area contributed by atoms with Gasteiger partial charge in [0.05, 0.1) is 24.0 Å². The summed E-state index contributed by atoms with van der Waals surface area (Å²) in [6, 6.07) is 9.06. The minimum atomic E-state index is 0.433. The normalized spacial score (nSPS) is 9.27. The first-order valence-corrected chi connectivity index (χ1v) is 4.29. The van der Waals surface area contributed by atoms with Crippen molar-refractivity contribution in [1.29, 1.82) is 5.26 Å². The van der Waals surface area contributed by atoms with Gasteiger partial charge in [0.1, 0.15) is 0 Å². The maximum atomic E-state index is 8.61. The van der Waals surface area contributed by atoms with E-state index in [9.17, 15) is 0 Å². The van der Waals surface area contributed by atoms with Gasteiger partial charge in [-0.25, -0.2) is 4.98 Å². The molecule has 5 heteroatoms. The third-order valence-electron chi connectivity index (χ3n) is 1.75. The van der Waals surface area contributed by atoms with E-state index < -0.39 is 0 Å². The summed E-state index contributed by atoms with van der Waals surface area (Å²) in [7, 11) is 0. The molecule has 1 N–H and O–H groups in total. The Morgan fingerprint density at radius 3 is 2.53 bits per heavy atom. The molecule has 0 bridgehead atoms. The highest BCUT2D eigenvalue weighted by Gasteiger charge is 1.96. The second-order valence-electron chi connectivity index (χ2n) is 2.78. The molecule has 5 nitrogen and oxygen atoms in total. The quantitative estimate of drug-likeness (QED) is 0.789. The first-order valence-electron chi connectivity index (χ1n) is 4.29. The summed E-state index contributed by atoms with van der Waals surface area (Å²) < 4.78 is 0. The van der Waals surface area contributed by atoms with Gasteiger partial charge in [-0.2, -0.15) is 10.4 Å². The Hall–Kier alpha value is -2.48. The highest BCUT2D eigenvalue weighted by atomic mass is 15.2. The van der Waals surface area contributed by atoms with Gasteiger partial charge in [-0.05, 0) is 24.3 Å². The molecule has 0 unspecified atom stereocenters. The molecular formula is C10H7N5. The molecule has 15 heavy (non-hydrogen) atoms. The highest BCUT2D eigenvalue weighted by molar-refractivity contribution is 5.54. The van der Waals surface area contributed by atoms with Gasteiger partial charge in [0, 0.05) is 5.69 Å². The number of hydrogen-bond donors (Lipinski definition) is 1. The molecule has 0 fully saturated rings. The monoisotopic (exact) mass is 197 g/mol. The molecule has 0 spiro atoms. The fraction of sp³-hybridized carbons (Fsp3) is 0. The fourth-order valence-corrected chi connectivity index (χ4v) is 1.06. The molecule has 2 rings (SSSR count). The zero-order valence-electron chi connectivity index (χ0n) is 7.75. The molecule has 0 aliphatic rings. The molecule has 2 aromatic rings. The van der Waals surface area contributed by atoms with Crippen LogP contribution in [0.5, 0.6) is 0 Å². The minimum absolute atomic E-state index is 0.433. The Morgan fingerprint density at radius 2 is 1.93 bits per heavy atom. The van der Waals surface area contributed by atoms with Crippen molar-refractivity contribution >= 4 is 11.6 Å². The molecule has 1 heterocycles. The van der Waals surface area contributed by atoms with Crippen LogP contribution in [0.1, 0.15) is 5.56 Å². The largest absolute Gasteiger partial charge is 0.323 e. The lowest BCUT2D eigenvalue weighted by Crippen LogP contribution is -1.97. The molecule has 0 aliphatic carbocycles. The van der Waals surface area contributed by atoms with Crippen LogP contribution in [-0.4, -0.2) is 15.2 Å². The second-order valence-corrected chi connectivity index (χ2v) is 2.78. The van der Waals surface area contributed by atoms with Crippen molar-refractivity contribution in [1.82, 2.24) is 15.2 Å². The average molecular weight is 197 g/mol. The average Bonchev–Trinajstić information content (AvgIpc) is 2.31. The second kappa shape index (κ2) is 4.15. The number of hydrogen-bond acceptors (Lipinski definition) is 5. The van der Waals surface area contributed by atoms with E-state index in [-0.39, 0.29) is 0 Å². The molecule has 0 radical (unpaired) electrons. The van der Waals surface area contributed by atoms with E-state index in [1.165, 1.54) is 6.20 Å². The van der Waals surface area contributed by atoms with Crippen molar-refractivity contribution in [3.8, 4) is 6.07 Å². The van der Waals surface area contributed by atoms with E-state index in [0.29, 0.717) is 11.5 Å². The molecule has 0 amide bonds. The summed E-state index contributed by atoms with van der Waals surface area (Å²) in [5.41, 5.74) is 1.44. The number of aromatic nitrogens is 3. The van der Waals surface area contributed by atoms with Crippen LogP contribution in [0.25, 0.3) is 0 Å². The van der Waals surface area contributed by atoms with Gasteiger partial charge in [0.2, 0.25) is 5.95 Å². The fourth-order valence-electron chi connectivity index (χ4n) is 1.06. The molecule has 0 saturated heterocycles. The third-order valence-corrected chi connectivity index (χ3v) is 1.75. The summed E-state index contributed by atoms with van der Waals surface area (Å²) in [6.45, 7) is 0. The van der Waals surface area contributed by atoms with Crippen molar-refractivity contribution in [2.24, 2.45) is 0 Å². The van der Waals surface area contributed by atoms with Crippen LogP contribution in [0.15, 0.2) is 36.7 Å². The Balaban J connectivity index is 2.16. The van der Waals surface area contributed by atoms with Crippen LogP contribution < -0.4 is 5.32 Å². The molecule has 0 saturated carbocycles. The Labute approximate surface area is 86.4 Å². The number of nitrogens with zero attached hydrogens (tertiary/aromatic N) is 4. The van der Waals surface area contributed by atoms with Crippen LogP contribution in [0.3, 0.4) is 0 Å². The Morgan fingerprint density at radius 1 is 1.13 bits per heavy atom. The van der Waals surface area contributed by atoms with E-state index >= 15 is 0 Å². The van der Waals surface area contributed by atoms with Gasteiger partial charge in [0.25, 0.3) is 0 Å². The summed E-state index contributed by atoms with van der Waals surface area (Å²) in [4.78, 5) is 3.97. The maximum Gasteiger partial charge on any atom is 0.247 e. The standard InChI is InChI=1S/C10H7N5/c11-7-8-1-3-9(4-2-8)14-10-12-5-6-13-15-10/h1-6H,(H,12,14,15). The van der Waals surface area contributed by atoms with E-state index in [1.807, 2.05) is 6.07 Å². The topological polar surface area (TPSA) is 74.5 Å². The molecular weight excluding hydrogens is 190 g/mol. The van der Waals surface area contributed by atoms with Gasteiger partial charge in [-0.15, -0.1) is 5.10 Å². The lowest BCUT2D eigenvalue weighted by atomic mass is 10.2. The van der Waals surface area contributed by atoms with E-state index in [1.54, 1.807) is 30.5 Å². The predicted molar refractivity (Wildman–Crippen MR) is 54.3 cm³/mol. The lowest BCUT2D eigenvalue weighted by Gasteiger charge is -2.02. The number of nitriles is 1. The van der Waals surface area contributed by atoms with Crippen molar-refractivity contribution in [3.05, 3.63) is 42.2 Å². The summed E-state index contributed by atoms with van der Waals surface area (Å²) >= 11 is 0. The molecule has 72 valence electrons. The first kappa shape index (κ1) is 9.09. The van der Waals surface area contributed by atoms with Gasteiger partial charge >= 0.3 is 0 Å². The SMILES string of the molecule is N#Cc1ccc(Nc2nccnn2)cc1. The number of benzene rings is 1. The molecule has 0 aliphatic heterocycles. The molecule has 1 aromatic heterocycles. The maximum absolute atomic E-state index is 8.61. The van der Waals surface area contributed by atoms with Crippen molar-refractivity contribution in [2.75, 3.05) is 5.32 Å². The van der Waals surface area contributed by atoms with E-state index in [0.717, 1.165) is 5.69 Å². The minimum Gasteiger partial charge on any atom is -0.323 e. The van der Waals surface area contributed by atoms with E-state index in [4.69, 9.17) is 5.26 Å². The predicted octanol–water partition coefficient (Wildman–Crippen LogP) is 1.49. The van der Waals surface area contributed by atoms with Crippen LogP contribution in [0, 0.1) is 11.3 Å². The van der Waals surface area contributed by atoms with Crippen molar-refractivity contribution in [3.63, 3.8) is 0 Å². The van der Waals surface area contributed by atoms with Gasteiger partial charge in [-0.1, -0.05) is 0 Å². The van der Waals surface area contributed by atoms with Crippen LogP contribution in [0.2, 0.25) is 0 Å². The number of nitrogens with one attached hydrogen (secondary N) is 1. The van der Waals surface area contributed by atoms with Crippen LogP contribution >= 0.6 is 0 Å². The summed E-state index contributed by atoms with van der Waals surface area (Å²) in [5.74, 6) is 0.433. The smallest absolute Gasteiger partial charge is 0.247 e. The van der Waals surface area contributed by atoms with Gasteiger partial charge in [-0.3, -0.25) is 0 Å². The summed E-state index contributed by atoms with van der Waals surface area (Å²) in [6.07, 6.45) is 3.06. The van der Waals surface area contributed by atoms with Gasteiger partial charge in [0.15, 0.2) is 0 Å². The summed E-state index contributed by atoms with van der Waals surface area (Å²) in [5, 5.41) is 19.0. The zero-order valence-corrected chi connectivity index (χ0v) is 7.75. The lowest BCUT2D eigenvalue weighted by molar-refractivity contribution is 0.978. The highest BCUT2D eigenvalue weighted by Crippen LogP contribution is 2.12. The molecule has 0 atom stereocenters. The Kier molecular flexibility index (Phi) is 2.52. The van der Waals surface area contributed by atoms with Crippen molar-refractivity contribution < 1.29 is 0 Å². The van der Waals surface area contributed by atoms with Crippen molar-refractivity contribution in [2.45, 2.75) is 0 Å². The third kappa shape index (κ3) is 2.25. The zero-order chi connectivity index (χ0) is 10.5. The molecule has 1 aromatic carbocycles. The van der Waals surface area contributed by atoms with Crippen LogP contribution in [0.4, 0.5) is 11.6 Å². The number of rotatable bonds is 2. The van der Waals surface area contributed by atoms with Gasteiger partial charge < -0.3 is 5.32 Å². The first-order chi connectivity index (χ1) is 7.38. The van der Waals surface area contributed by atoms with E-state index in [2.05, 4.69) is 20.5 Å². The van der Waals surface area contributed by atoms with Crippen LogP contribution in [-0.2, 0) is 0 Å². The Bertz CT molecular complexity index is 471.